The van der Waals surface area contributed by atoms with Crippen molar-refractivity contribution in [2.45, 2.75) is 6.92 Å². The molecule has 1 amide bonds. The van der Waals surface area contributed by atoms with E-state index in [4.69, 9.17) is 16.3 Å². The second kappa shape index (κ2) is 6.29. The van der Waals surface area contributed by atoms with Gasteiger partial charge >= 0.3 is 0 Å². The van der Waals surface area contributed by atoms with Crippen molar-refractivity contribution in [3.8, 4) is 5.75 Å². The molecule has 0 unspecified atom stereocenters. The van der Waals surface area contributed by atoms with E-state index in [1.165, 1.54) is 7.11 Å². The van der Waals surface area contributed by atoms with Crippen molar-refractivity contribution in [1.29, 1.82) is 0 Å². The lowest BCUT2D eigenvalue weighted by atomic mass is 10.1. The first-order valence-electron chi connectivity index (χ1n) is 5.92. The molecule has 0 saturated carbocycles. The lowest BCUT2D eigenvalue weighted by molar-refractivity contribution is 0.102. The Bertz CT molecular complexity index is 658. The van der Waals surface area contributed by atoms with Crippen LogP contribution in [0.4, 0.5) is 5.69 Å². The first-order chi connectivity index (χ1) is 9.51. The van der Waals surface area contributed by atoms with Crippen LogP contribution in [-0.2, 0) is 0 Å². The van der Waals surface area contributed by atoms with Crippen LogP contribution < -0.4 is 10.1 Å². The Balaban J connectivity index is 2.32. The Labute approximate surface area is 131 Å². The molecule has 104 valence electrons. The Morgan fingerprint density at radius 3 is 2.70 bits per heavy atom. The lowest BCUT2D eigenvalue weighted by Crippen LogP contribution is -2.14. The molecule has 2 aromatic carbocycles. The molecule has 5 heteroatoms. The Morgan fingerprint density at radius 1 is 1.25 bits per heavy atom. The first kappa shape index (κ1) is 14.9. The highest BCUT2D eigenvalue weighted by Gasteiger charge is 2.14. The maximum Gasteiger partial charge on any atom is 0.259 e. The molecule has 0 aliphatic heterocycles. The number of benzene rings is 2. The SMILES string of the molecule is COc1ccc(Br)cc1C(=O)Nc1cc(Cl)ccc1C. The summed E-state index contributed by atoms with van der Waals surface area (Å²) >= 11 is 9.30. The van der Waals surface area contributed by atoms with Gasteiger partial charge in [0, 0.05) is 15.2 Å². The summed E-state index contributed by atoms with van der Waals surface area (Å²) in [5, 5.41) is 3.42. The normalized spacial score (nSPS) is 10.2. The highest BCUT2D eigenvalue weighted by atomic mass is 79.9. The predicted octanol–water partition coefficient (Wildman–Crippen LogP) is 4.67. The van der Waals surface area contributed by atoms with Crippen LogP contribution in [0, 0.1) is 6.92 Å². The van der Waals surface area contributed by atoms with Crippen LogP contribution in [0.1, 0.15) is 15.9 Å². The number of aryl methyl sites for hydroxylation is 1. The number of methoxy groups -OCH3 is 1. The number of amides is 1. The van der Waals surface area contributed by atoms with E-state index in [2.05, 4.69) is 21.2 Å². The van der Waals surface area contributed by atoms with Crippen molar-refractivity contribution in [2.24, 2.45) is 0 Å². The molecule has 1 N–H and O–H groups in total. The summed E-state index contributed by atoms with van der Waals surface area (Å²) in [7, 11) is 1.53. The van der Waals surface area contributed by atoms with Gasteiger partial charge in [0.1, 0.15) is 5.75 Å². The van der Waals surface area contributed by atoms with Gasteiger partial charge in [-0.15, -0.1) is 0 Å². The van der Waals surface area contributed by atoms with Crippen molar-refractivity contribution < 1.29 is 9.53 Å². The molecule has 0 heterocycles. The fourth-order valence-corrected chi connectivity index (χ4v) is 2.31. The molecular formula is C15H13BrClNO2. The molecule has 0 atom stereocenters. The van der Waals surface area contributed by atoms with Crippen LogP contribution in [0.2, 0.25) is 5.02 Å². The Hall–Kier alpha value is -1.52. The van der Waals surface area contributed by atoms with Gasteiger partial charge in [-0.25, -0.2) is 0 Å². The van der Waals surface area contributed by atoms with Crippen molar-refractivity contribution in [2.75, 3.05) is 12.4 Å². The van der Waals surface area contributed by atoms with Gasteiger partial charge in [0.2, 0.25) is 0 Å². The van der Waals surface area contributed by atoms with Crippen molar-refractivity contribution in [3.63, 3.8) is 0 Å². The number of hydrogen-bond donors (Lipinski definition) is 1. The minimum Gasteiger partial charge on any atom is -0.496 e. The van der Waals surface area contributed by atoms with Crippen LogP contribution >= 0.6 is 27.5 Å². The quantitative estimate of drug-likeness (QED) is 0.869. The van der Waals surface area contributed by atoms with Gasteiger partial charge in [-0.05, 0) is 42.8 Å². The van der Waals surface area contributed by atoms with Gasteiger partial charge in [-0.2, -0.15) is 0 Å². The predicted molar refractivity (Wildman–Crippen MR) is 84.8 cm³/mol. The van der Waals surface area contributed by atoms with Crippen molar-refractivity contribution in [1.82, 2.24) is 0 Å². The van der Waals surface area contributed by atoms with Crippen LogP contribution in [0.5, 0.6) is 5.75 Å². The van der Waals surface area contributed by atoms with Crippen LogP contribution in [0.3, 0.4) is 0 Å². The number of hydrogen-bond acceptors (Lipinski definition) is 2. The van der Waals surface area contributed by atoms with Gasteiger partial charge < -0.3 is 10.1 Å². The number of carbonyl (C=O) groups excluding carboxylic acids is 1. The zero-order valence-corrected chi connectivity index (χ0v) is 13.4. The van der Waals surface area contributed by atoms with E-state index >= 15 is 0 Å². The van der Waals surface area contributed by atoms with Gasteiger partial charge in [0.05, 0.1) is 12.7 Å². The molecule has 0 bridgehead atoms. The van der Waals surface area contributed by atoms with E-state index in [0.29, 0.717) is 22.0 Å². The standard InChI is InChI=1S/C15H13BrClNO2/c1-9-3-5-11(17)8-13(9)18-15(19)12-7-10(16)4-6-14(12)20-2/h3-8H,1-2H3,(H,18,19). The number of rotatable bonds is 3. The molecular weight excluding hydrogens is 342 g/mol. The highest BCUT2D eigenvalue weighted by molar-refractivity contribution is 9.10. The molecule has 0 aliphatic rings. The van der Waals surface area contributed by atoms with E-state index in [9.17, 15) is 4.79 Å². The van der Waals surface area contributed by atoms with Crippen LogP contribution in [0.25, 0.3) is 0 Å². The minimum atomic E-state index is -0.242. The minimum absolute atomic E-state index is 0.242. The number of halogens is 2. The third-order valence-electron chi connectivity index (χ3n) is 2.85. The summed E-state index contributed by atoms with van der Waals surface area (Å²) in [5.74, 6) is 0.277. The Morgan fingerprint density at radius 2 is 2.00 bits per heavy atom. The van der Waals surface area contributed by atoms with E-state index in [1.807, 2.05) is 19.1 Å². The van der Waals surface area contributed by atoms with Crippen LogP contribution in [0.15, 0.2) is 40.9 Å². The molecule has 20 heavy (non-hydrogen) atoms. The second-order valence-electron chi connectivity index (χ2n) is 4.26. The summed E-state index contributed by atoms with van der Waals surface area (Å²) in [4.78, 5) is 12.4. The summed E-state index contributed by atoms with van der Waals surface area (Å²) < 4.78 is 6.02. The first-order valence-corrected chi connectivity index (χ1v) is 7.09. The monoisotopic (exact) mass is 353 g/mol. The largest absolute Gasteiger partial charge is 0.496 e. The molecule has 0 radical (unpaired) electrons. The average molecular weight is 355 g/mol. The van der Waals surface area contributed by atoms with E-state index < -0.39 is 0 Å². The number of carbonyl (C=O) groups is 1. The molecule has 3 nitrogen and oxygen atoms in total. The van der Waals surface area contributed by atoms with Gasteiger partial charge in [0.15, 0.2) is 0 Å². The molecule has 0 aliphatic carbocycles. The summed E-state index contributed by atoms with van der Waals surface area (Å²) in [6.07, 6.45) is 0. The van der Waals surface area contributed by atoms with E-state index in [-0.39, 0.29) is 5.91 Å². The Kier molecular flexibility index (Phi) is 4.68. The van der Waals surface area contributed by atoms with E-state index in [1.54, 1.807) is 24.3 Å². The molecule has 0 fully saturated rings. The zero-order chi connectivity index (χ0) is 14.7. The number of nitrogens with one attached hydrogen (secondary N) is 1. The lowest BCUT2D eigenvalue weighted by Gasteiger charge is -2.11. The zero-order valence-electron chi connectivity index (χ0n) is 11.0. The van der Waals surface area contributed by atoms with Gasteiger partial charge in [-0.1, -0.05) is 33.6 Å². The van der Waals surface area contributed by atoms with Crippen molar-refractivity contribution in [3.05, 3.63) is 57.0 Å². The molecule has 0 saturated heterocycles. The third kappa shape index (κ3) is 3.32. The molecule has 2 rings (SSSR count). The fraction of sp³-hybridized carbons (Fsp3) is 0.133. The fourth-order valence-electron chi connectivity index (χ4n) is 1.78. The second-order valence-corrected chi connectivity index (χ2v) is 5.61. The topological polar surface area (TPSA) is 38.3 Å². The maximum atomic E-state index is 12.4. The molecule has 0 spiro atoms. The highest BCUT2D eigenvalue weighted by Crippen LogP contribution is 2.26. The third-order valence-corrected chi connectivity index (χ3v) is 3.58. The van der Waals surface area contributed by atoms with Gasteiger partial charge in [-0.3, -0.25) is 4.79 Å². The molecule has 0 aromatic heterocycles. The number of anilines is 1. The summed E-state index contributed by atoms with van der Waals surface area (Å²) in [6.45, 7) is 1.91. The van der Waals surface area contributed by atoms with E-state index in [0.717, 1.165) is 10.0 Å². The van der Waals surface area contributed by atoms with Crippen LogP contribution in [-0.4, -0.2) is 13.0 Å². The smallest absolute Gasteiger partial charge is 0.259 e. The van der Waals surface area contributed by atoms with Crippen molar-refractivity contribution >= 4 is 39.1 Å². The summed E-state index contributed by atoms with van der Waals surface area (Å²) in [6, 6.07) is 10.6. The van der Waals surface area contributed by atoms with Gasteiger partial charge in [0.25, 0.3) is 5.91 Å². The average Bonchev–Trinajstić information content (AvgIpc) is 2.42. The number of ether oxygens (including phenoxy) is 1. The summed E-state index contributed by atoms with van der Waals surface area (Å²) in [5.41, 5.74) is 2.09. The maximum absolute atomic E-state index is 12.4. The molecule has 2 aromatic rings.